The molecule has 180 valence electrons. The Kier molecular flexibility index (Phi) is 7.32. The second kappa shape index (κ2) is 10.2. The van der Waals surface area contributed by atoms with Crippen molar-refractivity contribution < 1.29 is 19.1 Å². The van der Waals surface area contributed by atoms with Gasteiger partial charge in [-0.2, -0.15) is 0 Å². The zero-order valence-corrected chi connectivity index (χ0v) is 20.5. The van der Waals surface area contributed by atoms with Crippen molar-refractivity contribution in [1.82, 2.24) is 20.4 Å². The first kappa shape index (κ1) is 24.3. The van der Waals surface area contributed by atoms with E-state index in [9.17, 15) is 14.4 Å². The number of imide groups is 1. The fourth-order valence-corrected chi connectivity index (χ4v) is 5.45. The number of fused-ring (bicyclic) bond motifs is 1. The largest absolute Gasteiger partial charge is 0.495 e. The monoisotopic (exact) mass is 503 g/mol. The molecule has 0 bridgehead atoms. The summed E-state index contributed by atoms with van der Waals surface area (Å²) in [4.78, 5) is 41.1. The number of hydrogen-bond acceptors (Lipinski definition) is 7. The summed E-state index contributed by atoms with van der Waals surface area (Å²) in [6, 6.07) is 14.3. The van der Waals surface area contributed by atoms with Crippen LogP contribution in [0.25, 0.3) is 0 Å². The number of benzene rings is 2. The molecule has 3 N–H and O–H groups in total. The first-order valence-corrected chi connectivity index (χ1v) is 12.1. The van der Waals surface area contributed by atoms with Gasteiger partial charge in [-0.3, -0.25) is 25.1 Å². The maximum Gasteiger partial charge on any atom is 0.327 e. The zero-order valence-electron chi connectivity index (χ0n) is 18.9. The van der Waals surface area contributed by atoms with Gasteiger partial charge in [0.2, 0.25) is 11.8 Å². The number of nitrogens with one attached hydrogen (secondary N) is 3. The van der Waals surface area contributed by atoms with Gasteiger partial charge in [0.25, 0.3) is 0 Å². The van der Waals surface area contributed by atoms with Crippen LogP contribution in [-0.2, 0) is 9.59 Å². The minimum absolute atomic E-state index is 0.0761. The number of halogens is 1. The fraction of sp³-hybridized carbons (Fsp3) is 0.348. The van der Waals surface area contributed by atoms with Crippen LogP contribution in [0.5, 0.6) is 5.75 Å². The van der Waals surface area contributed by atoms with Crippen LogP contribution in [0.2, 0.25) is 5.02 Å². The second-order valence-corrected chi connectivity index (χ2v) is 9.63. The molecule has 4 unspecified atom stereocenters. The number of nitrogens with zero attached hydrogens (tertiary/aromatic N) is 2. The van der Waals surface area contributed by atoms with Crippen molar-refractivity contribution in [2.24, 2.45) is 5.92 Å². The molecule has 2 saturated heterocycles. The minimum Gasteiger partial charge on any atom is -0.495 e. The predicted molar refractivity (Wildman–Crippen MR) is 132 cm³/mol. The Bertz CT molecular complexity index is 1090. The molecule has 4 amide bonds. The predicted octanol–water partition coefficient (Wildman–Crippen LogP) is 2.70. The molecule has 2 aliphatic rings. The number of rotatable bonds is 6. The van der Waals surface area contributed by atoms with E-state index in [1.54, 1.807) is 25.2 Å². The Morgan fingerprint density at radius 1 is 1.15 bits per heavy atom. The number of urea groups is 1. The zero-order chi connectivity index (χ0) is 24.4. The van der Waals surface area contributed by atoms with E-state index in [2.05, 4.69) is 16.0 Å². The highest BCUT2D eigenvalue weighted by Crippen LogP contribution is 2.35. The van der Waals surface area contributed by atoms with Crippen molar-refractivity contribution in [3.05, 3.63) is 59.1 Å². The number of ether oxygens (including phenoxy) is 1. The van der Waals surface area contributed by atoms with E-state index < -0.39 is 17.5 Å². The molecule has 0 aromatic heterocycles. The number of anilines is 1. The van der Waals surface area contributed by atoms with E-state index in [-0.39, 0.29) is 29.8 Å². The van der Waals surface area contributed by atoms with Crippen LogP contribution in [0, 0.1) is 5.92 Å². The van der Waals surface area contributed by atoms with Crippen molar-refractivity contribution in [2.45, 2.75) is 17.7 Å². The van der Waals surface area contributed by atoms with Gasteiger partial charge >= 0.3 is 6.03 Å². The average Bonchev–Trinajstić information content (AvgIpc) is 2.85. The average molecular weight is 504 g/mol. The van der Waals surface area contributed by atoms with Crippen molar-refractivity contribution in [1.29, 1.82) is 0 Å². The van der Waals surface area contributed by atoms with Crippen LogP contribution in [0.3, 0.4) is 0 Å². The molecule has 0 aliphatic carbocycles. The van der Waals surface area contributed by atoms with E-state index in [0.717, 1.165) is 10.5 Å². The summed E-state index contributed by atoms with van der Waals surface area (Å²) < 4.78 is 5.29. The molecule has 34 heavy (non-hydrogen) atoms. The number of carbonyl (C=O) groups excluding carboxylic acids is 3. The van der Waals surface area contributed by atoms with Gasteiger partial charge in [-0.1, -0.05) is 41.9 Å². The smallest absolute Gasteiger partial charge is 0.327 e. The summed E-state index contributed by atoms with van der Waals surface area (Å²) in [5.41, 5.74) is 1.43. The normalized spacial score (nSPS) is 24.6. The maximum atomic E-state index is 13.1. The van der Waals surface area contributed by atoms with Crippen molar-refractivity contribution in [3.8, 4) is 5.75 Å². The number of methoxy groups -OCH3 is 1. The molecule has 4 rings (SSSR count). The van der Waals surface area contributed by atoms with Crippen molar-refractivity contribution in [2.75, 3.05) is 32.3 Å². The van der Waals surface area contributed by atoms with E-state index in [1.807, 2.05) is 30.3 Å². The van der Waals surface area contributed by atoms with Gasteiger partial charge in [0.1, 0.15) is 5.75 Å². The van der Waals surface area contributed by atoms with Crippen LogP contribution < -0.4 is 20.7 Å². The first-order valence-electron chi connectivity index (χ1n) is 10.7. The summed E-state index contributed by atoms with van der Waals surface area (Å²) in [6.45, 7) is 0. The summed E-state index contributed by atoms with van der Waals surface area (Å²) in [5, 5.41) is 9.70. The quantitative estimate of drug-likeness (QED) is 0.557. The van der Waals surface area contributed by atoms with Gasteiger partial charge in [0, 0.05) is 19.1 Å². The molecule has 0 saturated carbocycles. The molecule has 2 aliphatic heterocycles. The maximum absolute atomic E-state index is 13.1. The SMILES string of the molecule is COc1ccc(Cl)cc1NC(=O)CSC1NC(c2ccccc2)NC2C1C(=O)N(C)C(=O)N2C. The summed E-state index contributed by atoms with van der Waals surface area (Å²) in [6.07, 6.45) is -0.821. The molecular weight excluding hydrogens is 478 g/mol. The standard InChI is InChI=1S/C23H26ClN5O4S/c1-28-20-18(22(31)29(2)23(28)32)21(27-19(26-20)13-7-5-4-6-8-13)34-12-17(30)25-15-11-14(24)9-10-16(15)33-3/h4-11,18-21,26-27H,12H2,1-3H3,(H,25,30). The topological polar surface area (TPSA) is 103 Å². The van der Waals surface area contributed by atoms with Crippen molar-refractivity contribution >= 4 is 46.9 Å². The first-order chi connectivity index (χ1) is 16.3. The van der Waals surface area contributed by atoms with Crippen LogP contribution in [0.4, 0.5) is 10.5 Å². The number of thioether (sulfide) groups is 1. The lowest BCUT2D eigenvalue weighted by Gasteiger charge is -2.50. The lowest BCUT2D eigenvalue weighted by molar-refractivity contribution is -0.140. The highest BCUT2D eigenvalue weighted by Gasteiger charge is 2.51. The molecule has 2 fully saturated rings. The third-order valence-corrected chi connectivity index (χ3v) is 7.37. The Labute approximate surface area is 207 Å². The number of amides is 4. The summed E-state index contributed by atoms with van der Waals surface area (Å²) >= 11 is 7.37. The lowest BCUT2D eigenvalue weighted by atomic mass is 9.96. The lowest BCUT2D eigenvalue weighted by Crippen LogP contribution is -2.72. The molecule has 2 heterocycles. The molecule has 11 heteroatoms. The summed E-state index contributed by atoms with van der Waals surface area (Å²) in [7, 11) is 4.66. The van der Waals surface area contributed by atoms with Crippen molar-refractivity contribution in [3.63, 3.8) is 0 Å². The molecule has 2 aromatic carbocycles. The summed E-state index contributed by atoms with van der Waals surface area (Å²) in [5.74, 6) is -0.566. The highest BCUT2D eigenvalue weighted by atomic mass is 35.5. The molecular formula is C23H26ClN5O4S. The van der Waals surface area contributed by atoms with Gasteiger partial charge in [-0.05, 0) is 23.8 Å². The van der Waals surface area contributed by atoms with Crippen LogP contribution in [-0.4, -0.2) is 66.1 Å². The number of hydrogen-bond donors (Lipinski definition) is 3. The van der Waals surface area contributed by atoms with Gasteiger partial charge in [-0.15, -0.1) is 11.8 Å². The second-order valence-electron chi connectivity index (χ2n) is 8.06. The third kappa shape index (κ3) is 4.85. The molecule has 4 atom stereocenters. The Hall–Kier alpha value is -2.79. The van der Waals surface area contributed by atoms with Gasteiger partial charge in [0.15, 0.2) is 0 Å². The molecule has 9 nitrogen and oxygen atoms in total. The van der Waals surface area contributed by atoms with E-state index >= 15 is 0 Å². The molecule has 2 aromatic rings. The minimum atomic E-state index is -0.578. The van der Waals surface area contributed by atoms with E-state index in [4.69, 9.17) is 16.3 Å². The van der Waals surface area contributed by atoms with E-state index in [1.165, 1.54) is 30.8 Å². The fourth-order valence-electron chi connectivity index (χ4n) is 4.17. The Balaban J connectivity index is 1.53. The molecule has 0 radical (unpaired) electrons. The molecule has 0 spiro atoms. The van der Waals surface area contributed by atoms with Gasteiger partial charge < -0.3 is 15.0 Å². The van der Waals surface area contributed by atoms with Gasteiger partial charge in [-0.25, -0.2) is 4.79 Å². The van der Waals surface area contributed by atoms with Gasteiger partial charge in [0.05, 0.1) is 42.2 Å². The van der Waals surface area contributed by atoms with Crippen LogP contribution in [0.15, 0.2) is 48.5 Å². The Morgan fingerprint density at radius 3 is 2.59 bits per heavy atom. The number of carbonyl (C=O) groups is 3. The van der Waals surface area contributed by atoms with Crippen LogP contribution in [0.1, 0.15) is 11.7 Å². The third-order valence-electron chi connectivity index (χ3n) is 5.92. The highest BCUT2D eigenvalue weighted by molar-refractivity contribution is 8.00. The van der Waals surface area contributed by atoms with E-state index in [0.29, 0.717) is 16.5 Å². The Morgan fingerprint density at radius 2 is 1.88 bits per heavy atom. The van der Waals surface area contributed by atoms with Crippen LogP contribution >= 0.6 is 23.4 Å².